The van der Waals surface area contributed by atoms with Crippen molar-refractivity contribution < 1.29 is 0 Å². The molecule has 0 aliphatic heterocycles. The van der Waals surface area contributed by atoms with Gasteiger partial charge in [-0.05, 0) is 61.9 Å². The van der Waals surface area contributed by atoms with Gasteiger partial charge in [-0.15, -0.1) is 11.3 Å². The Kier molecular flexibility index (Phi) is 7.09. The van der Waals surface area contributed by atoms with Crippen molar-refractivity contribution in [1.82, 2.24) is 5.32 Å². The van der Waals surface area contributed by atoms with Crippen LogP contribution in [0.2, 0.25) is 0 Å². The number of rotatable bonds is 8. The van der Waals surface area contributed by atoms with E-state index in [1.165, 1.54) is 51.4 Å². The van der Waals surface area contributed by atoms with Crippen molar-refractivity contribution in [1.29, 1.82) is 0 Å². The van der Waals surface area contributed by atoms with Gasteiger partial charge in [-0.25, -0.2) is 0 Å². The minimum atomic E-state index is 0.759. The second kappa shape index (κ2) is 8.84. The summed E-state index contributed by atoms with van der Waals surface area (Å²) in [6.07, 6.45) is 11.2. The Labute approximate surface area is 129 Å². The summed E-state index contributed by atoms with van der Waals surface area (Å²) in [7, 11) is 0. The lowest BCUT2D eigenvalue weighted by Crippen LogP contribution is -2.38. The van der Waals surface area contributed by atoms with Gasteiger partial charge in [-0.1, -0.05) is 39.2 Å². The molecule has 0 spiro atoms. The molecule has 2 rings (SSSR count). The lowest BCUT2D eigenvalue weighted by atomic mass is 9.75. The van der Waals surface area contributed by atoms with Gasteiger partial charge in [0.25, 0.3) is 0 Å². The largest absolute Gasteiger partial charge is 0.314 e. The number of hydrogen-bond donors (Lipinski definition) is 1. The highest BCUT2D eigenvalue weighted by molar-refractivity contribution is 7.09. The Morgan fingerprint density at radius 1 is 1.35 bits per heavy atom. The van der Waals surface area contributed by atoms with Crippen molar-refractivity contribution in [2.24, 2.45) is 11.8 Å². The van der Waals surface area contributed by atoms with Crippen LogP contribution in [-0.4, -0.2) is 12.6 Å². The Bertz CT molecular complexity index is 346. The van der Waals surface area contributed by atoms with Gasteiger partial charge in [-0.2, -0.15) is 0 Å². The maximum Gasteiger partial charge on any atom is 0.00954 e. The zero-order chi connectivity index (χ0) is 14.2. The van der Waals surface area contributed by atoms with Crippen molar-refractivity contribution in [3.63, 3.8) is 0 Å². The summed E-state index contributed by atoms with van der Waals surface area (Å²) in [5, 5.41) is 5.98. The van der Waals surface area contributed by atoms with Crippen LogP contribution < -0.4 is 5.32 Å². The van der Waals surface area contributed by atoms with Gasteiger partial charge < -0.3 is 5.32 Å². The van der Waals surface area contributed by atoms with E-state index in [-0.39, 0.29) is 0 Å². The highest BCUT2D eigenvalue weighted by atomic mass is 32.1. The predicted octanol–water partition coefficient (Wildman–Crippen LogP) is 5.27. The number of thiophene rings is 1. The first-order chi connectivity index (χ1) is 9.83. The molecular formula is C18H31NS. The van der Waals surface area contributed by atoms with Crippen LogP contribution in [0.5, 0.6) is 0 Å². The van der Waals surface area contributed by atoms with Crippen LogP contribution in [-0.2, 0) is 6.42 Å². The molecule has 1 N–H and O–H groups in total. The highest BCUT2D eigenvalue weighted by Crippen LogP contribution is 2.34. The fraction of sp³-hybridized carbons (Fsp3) is 0.778. The molecule has 1 aromatic heterocycles. The van der Waals surface area contributed by atoms with Crippen molar-refractivity contribution in [2.75, 3.05) is 6.54 Å². The van der Waals surface area contributed by atoms with E-state index in [9.17, 15) is 0 Å². The first-order valence-electron chi connectivity index (χ1n) is 8.59. The summed E-state index contributed by atoms with van der Waals surface area (Å²) in [5.74, 6) is 1.92. The molecule has 20 heavy (non-hydrogen) atoms. The normalized spacial score (nSPS) is 24.7. The summed E-state index contributed by atoms with van der Waals surface area (Å²) in [4.78, 5) is 1.55. The van der Waals surface area contributed by atoms with E-state index in [1.807, 2.05) is 11.3 Å². The molecule has 1 nitrogen and oxygen atoms in total. The van der Waals surface area contributed by atoms with Gasteiger partial charge in [-0.3, -0.25) is 0 Å². The van der Waals surface area contributed by atoms with Gasteiger partial charge in [0.1, 0.15) is 0 Å². The fourth-order valence-electron chi connectivity index (χ4n) is 3.79. The van der Waals surface area contributed by atoms with Crippen LogP contribution in [0.1, 0.15) is 63.7 Å². The average Bonchev–Trinajstić information content (AvgIpc) is 3.00. The van der Waals surface area contributed by atoms with Gasteiger partial charge in [0.15, 0.2) is 0 Å². The maximum absolute atomic E-state index is 3.78. The highest BCUT2D eigenvalue weighted by Gasteiger charge is 2.26. The molecule has 1 aliphatic rings. The zero-order valence-corrected chi connectivity index (χ0v) is 14.1. The predicted molar refractivity (Wildman–Crippen MR) is 90.5 cm³/mol. The van der Waals surface area contributed by atoms with Gasteiger partial charge in [0.2, 0.25) is 0 Å². The van der Waals surface area contributed by atoms with Crippen LogP contribution in [0.3, 0.4) is 0 Å². The molecule has 1 aliphatic carbocycles. The van der Waals surface area contributed by atoms with Gasteiger partial charge >= 0.3 is 0 Å². The fourth-order valence-corrected chi connectivity index (χ4v) is 4.54. The van der Waals surface area contributed by atoms with Crippen molar-refractivity contribution in [2.45, 2.75) is 71.3 Å². The molecule has 3 atom stereocenters. The molecule has 1 heterocycles. The van der Waals surface area contributed by atoms with Crippen LogP contribution in [0, 0.1) is 11.8 Å². The molecule has 3 unspecified atom stereocenters. The van der Waals surface area contributed by atoms with E-state index in [2.05, 4.69) is 36.7 Å². The van der Waals surface area contributed by atoms with Crippen molar-refractivity contribution in [3.8, 4) is 0 Å². The van der Waals surface area contributed by atoms with Crippen LogP contribution >= 0.6 is 11.3 Å². The van der Waals surface area contributed by atoms with E-state index in [0.717, 1.165) is 24.4 Å². The Morgan fingerprint density at radius 2 is 2.25 bits per heavy atom. The molecule has 1 aromatic rings. The average molecular weight is 294 g/mol. The molecule has 0 radical (unpaired) electrons. The minimum Gasteiger partial charge on any atom is -0.314 e. The molecule has 0 bridgehead atoms. The quantitative estimate of drug-likeness (QED) is 0.689. The standard InChI is InChI=1S/C18H31NS/c1-3-15-8-5-9-16(14-15)18(19-4-2)12-6-10-17-11-7-13-20-17/h7,11,13,15-16,18-19H,3-6,8-10,12,14H2,1-2H3. The molecule has 2 heteroatoms. The monoisotopic (exact) mass is 293 g/mol. The topological polar surface area (TPSA) is 12.0 Å². The zero-order valence-electron chi connectivity index (χ0n) is 13.2. The summed E-state index contributed by atoms with van der Waals surface area (Å²) in [6, 6.07) is 5.21. The molecule has 0 amide bonds. The maximum atomic E-state index is 3.78. The second-order valence-electron chi connectivity index (χ2n) is 6.34. The van der Waals surface area contributed by atoms with Crippen LogP contribution in [0.4, 0.5) is 0 Å². The van der Waals surface area contributed by atoms with E-state index in [1.54, 1.807) is 4.88 Å². The summed E-state index contributed by atoms with van der Waals surface area (Å²) < 4.78 is 0. The lowest BCUT2D eigenvalue weighted by Gasteiger charge is -2.35. The summed E-state index contributed by atoms with van der Waals surface area (Å²) in [6.45, 7) is 5.75. The molecule has 1 fully saturated rings. The number of nitrogens with one attached hydrogen (secondary N) is 1. The Balaban J connectivity index is 1.79. The third-order valence-corrected chi connectivity index (χ3v) is 5.89. The first-order valence-corrected chi connectivity index (χ1v) is 9.47. The van der Waals surface area contributed by atoms with E-state index < -0.39 is 0 Å². The number of hydrogen-bond acceptors (Lipinski definition) is 2. The summed E-state index contributed by atoms with van der Waals surface area (Å²) >= 11 is 1.91. The first kappa shape index (κ1) is 16.0. The van der Waals surface area contributed by atoms with E-state index in [4.69, 9.17) is 0 Å². The Hall–Kier alpha value is -0.340. The van der Waals surface area contributed by atoms with Gasteiger partial charge in [0.05, 0.1) is 0 Å². The molecule has 0 aromatic carbocycles. The van der Waals surface area contributed by atoms with Crippen molar-refractivity contribution >= 4 is 11.3 Å². The van der Waals surface area contributed by atoms with E-state index >= 15 is 0 Å². The van der Waals surface area contributed by atoms with Gasteiger partial charge in [0, 0.05) is 10.9 Å². The molecule has 114 valence electrons. The van der Waals surface area contributed by atoms with Crippen LogP contribution in [0.25, 0.3) is 0 Å². The van der Waals surface area contributed by atoms with Crippen LogP contribution in [0.15, 0.2) is 17.5 Å². The molecule has 0 saturated heterocycles. The number of aryl methyl sites for hydroxylation is 1. The summed E-state index contributed by atoms with van der Waals surface area (Å²) in [5.41, 5.74) is 0. The lowest BCUT2D eigenvalue weighted by molar-refractivity contribution is 0.201. The minimum absolute atomic E-state index is 0.759. The smallest absolute Gasteiger partial charge is 0.00954 e. The van der Waals surface area contributed by atoms with Crippen molar-refractivity contribution in [3.05, 3.63) is 22.4 Å². The Morgan fingerprint density at radius 3 is 2.95 bits per heavy atom. The molecule has 1 saturated carbocycles. The van der Waals surface area contributed by atoms with E-state index in [0.29, 0.717) is 0 Å². The second-order valence-corrected chi connectivity index (χ2v) is 7.37. The third-order valence-electron chi connectivity index (χ3n) is 4.95. The third kappa shape index (κ3) is 4.89. The SMILES string of the molecule is CCNC(CCCc1cccs1)C1CCCC(CC)C1. The molecular weight excluding hydrogens is 262 g/mol.